The largest absolute Gasteiger partial charge is 0.408 e. The van der Waals surface area contributed by atoms with Crippen LogP contribution in [0.15, 0.2) is 67.0 Å². The molecule has 2 saturated heterocycles. The Balaban J connectivity index is 0.830. The summed E-state index contributed by atoms with van der Waals surface area (Å²) in [5, 5.41) is 10.4. The smallest absolute Gasteiger partial charge is 0.385 e. The molecule has 61 heavy (non-hydrogen) atoms. The zero-order chi connectivity index (χ0) is 42.6. The number of aromatic nitrogens is 4. The fourth-order valence-electron chi connectivity index (χ4n) is 10.2. The number of nitrogens with one attached hydrogen (secondary N) is 2. The van der Waals surface area contributed by atoms with Gasteiger partial charge in [-0.1, -0.05) is 41.9 Å². The van der Waals surface area contributed by atoms with Crippen LogP contribution < -0.4 is 21.3 Å². The lowest BCUT2D eigenvalue weighted by Gasteiger charge is -2.48. The number of rotatable bonds is 9. The van der Waals surface area contributed by atoms with Crippen molar-refractivity contribution >= 4 is 52.2 Å². The molecule has 4 N–H and O–H groups in total. The molecule has 2 unspecified atom stereocenters. The molecule has 3 amide bonds. The molecule has 5 aromatic rings. The van der Waals surface area contributed by atoms with Gasteiger partial charge in [-0.05, 0) is 123 Å². The summed E-state index contributed by atoms with van der Waals surface area (Å²) in [5.41, 5.74) is 12.8. The quantitative estimate of drug-likeness (QED) is 0.126. The van der Waals surface area contributed by atoms with E-state index in [-0.39, 0.29) is 34.5 Å². The van der Waals surface area contributed by atoms with Crippen molar-refractivity contribution in [3.63, 3.8) is 0 Å². The molecule has 1 aliphatic carbocycles. The molecule has 16 heteroatoms. The number of piperidine rings is 2. The number of imidazole rings is 1. The number of amides is 3. The van der Waals surface area contributed by atoms with Crippen LogP contribution in [0.4, 0.5) is 30.4 Å². The predicted molar refractivity (Wildman–Crippen MR) is 226 cm³/mol. The Labute approximate surface area is 356 Å². The molecule has 1 spiro atoms. The van der Waals surface area contributed by atoms with Gasteiger partial charge in [0.2, 0.25) is 11.8 Å². The monoisotopic (exact) mass is 853 g/mol. The summed E-state index contributed by atoms with van der Waals surface area (Å²) in [6, 6.07) is 14.8. The van der Waals surface area contributed by atoms with Gasteiger partial charge < -0.3 is 16.0 Å². The Morgan fingerprint density at radius 3 is 2.46 bits per heavy atom. The van der Waals surface area contributed by atoms with Crippen LogP contribution in [0, 0.1) is 11.3 Å². The van der Waals surface area contributed by atoms with Crippen molar-refractivity contribution in [1.82, 2.24) is 29.8 Å². The lowest BCUT2D eigenvalue weighted by molar-refractivity contribution is -0.192. The number of nitrogens with zero attached hydrogens (tertiary/aromatic N) is 6. The van der Waals surface area contributed by atoms with Gasteiger partial charge in [0.15, 0.2) is 11.5 Å². The van der Waals surface area contributed by atoms with E-state index < -0.39 is 35.9 Å². The van der Waals surface area contributed by atoms with Gasteiger partial charge in [0, 0.05) is 48.5 Å². The number of fused-ring (bicyclic) bond motifs is 2. The van der Waals surface area contributed by atoms with E-state index in [1.165, 1.54) is 40.0 Å². The van der Waals surface area contributed by atoms with Crippen molar-refractivity contribution in [3.05, 3.63) is 100.0 Å². The number of nitrogens with two attached hydrogens (primary N) is 1. The summed E-state index contributed by atoms with van der Waals surface area (Å²) < 4.78 is 45.9. The molecule has 3 aliphatic heterocycles. The van der Waals surface area contributed by atoms with E-state index >= 15 is 0 Å². The van der Waals surface area contributed by atoms with Crippen molar-refractivity contribution in [2.45, 2.75) is 82.3 Å². The Hall–Kier alpha value is -5.54. The molecule has 3 aromatic heterocycles. The maximum atomic E-state index is 14.8. The molecule has 2 aromatic carbocycles. The van der Waals surface area contributed by atoms with Gasteiger partial charge in [0.05, 0.1) is 23.5 Å². The average Bonchev–Trinajstić information content (AvgIpc) is 3.88. The third-order valence-electron chi connectivity index (χ3n) is 13.6. The molecule has 6 heterocycles. The number of likely N-dealkylation sites (tertiary alicyclic amines) is 1. The van der Waals surface area contributed by atoms with Gasteiger partial charge in [-0.25, -0.2) is 9.50 Å². The summed E-state index contributed by atoms with van der Waals surface area (Å²) >= 11 is 6.42. The number of benzene rings is 2. The number of halogens is 4. The number of hydrogen-bond donors (Lipinski definition) is 3. The Bertz CT molecular complexity index is 2510. The van der Waals surface area contributed by atoms with Gasteiger partial charge in [0.25, 0.3) is 5.91 Å². The highest BCUT2D eigenvalue weighted by Gasteiger charge is 2.48. The minimum atomic E-state index is -4.52. The second kappa shape index (κ2) is 16.1. The van der Waals surface area contributed by atoms with Crippen LogP contribution in [0.1, 0.15) is 96.1 Å². The van der Waals surface area contributed by atoms with E-state index in [9.17, 15) is 27.6 Å². The molecule has 318 valence electrons. The second-order valence-electron chi connectivity index (χ2n) is 17.1. The molecule has 2 atom stereocenters. The van der Waals surface area contributed by atoms with E-state index in [1.54, 1.807) is 11.9 Å². The van der Waals surface area contributed by atoms with Gasteiger partial charge >= 0.3 is 6.18 Å². The van der Waals surface area contributed by atoms with Crippen molar-refractivity contribution in [3.8, 4) is 11.3 Å². The van der Waals surface area contributed by atoms with Crippen LogP contribution in [0.25, 0.3) is 16.9 Å². The van der Waals surface area contributed by atoms with Crippen LogP contribution in [0.2, 0.25) is 5.02 Å². The SMILES string of the molecule is CNc1cc(N2CCc3c(-c4ccc(CC5CCC6(CC5)CCN(C(c5ccc(Cl)c(C7CCC(=O)NC7=O)c5)C(F)(F)F)CC6)cn4)cccc32)nn2c(C(N)=O)cnc12. The summed E-state index contributed by atoms with van der Waals surface area (Å²) in [6.07, 6.45) is 6.33. The van der Waals surface area contributed by atoms with Crippen molar-refractivity contribution in [2.24, 2.45) is 17.1 Å². The predicted octanol–water partition coefficient (Wildman–Crippen LogP) is 7.92. The number of pyridine rings is 1. The van der Waals surface area contributed by atoms with E-state index in [4.69, 9.17) is 27.4 Å². The van der Waals surface area contributed by atoms with E-state index in [1.807, 2.05) is 18.3 Å². The van der Waals surface area contributed by atoms with Gasteiger partial charge in [-0.15, -0.1) is 5.10 Å². The van der Waals surface area contributed by atoms with Gasteiger partial charge in [-0.2, -0.15) is 13.2 Å². The first-order valence-corrected chi connectivity index (χ1v) is 21.3. The highest BCUT2D eigenvalue weighted by atomic mass is 35.5. The summed E-state index contributed by atoms with van der Waals surface area (Å²) in [4.78, 5) is 49.4. The average molecular weight is 854 g/mol. The van der Waals surface area contributed by atoms with Gasteiger partial charge in [0.1, 0.15) is 11.7 Å². The first-order valence-electron chi connectivity index (χ1n) is 21.0. The standard InChI is InChI=1S/C45H47ClF3N9O3/c1-51-35-23-38(55-58-37(41(50)60)25-53-42(35)58)57-18-13-30-29(3-2-4-36(30)57)34-9-5-27(24-52-34)21-26-11-14-44(15-12-26)16-19-56(20-17-44)40(45(47,48)49)28-6-8-33(46)32(22-28)31-7-10-39(59)54-43(31)61/h2-6,8-9,22-26,31,40,51H,7,10-21H2,1H3,(H2,50,60)(H,54,59,61). The van der Waals surface area contributed by atoms with Gasteiger partial charge in [-0.3, -0.25) is 29.6 Å². The first kappa shape index (κ1) is 40.8. The zero-order valence-corrected chi connectivity index (χ0v) is 34.5. The van der Waals surface area contributed by atoms with E-state index in [2.05, 4.69) is 44.8 Å². The minimum absolute atomic E-state index is 0.0312. The molecule has 12 nitrogen and oxygen atoms in total. The van der Waals surface area contributed by atoms with Crippen LogP contribution >= 0.6 is 11.6 Å². The second-order valence-corrected chi connectivity index (χ2v) is 17.5. The lowest BCUT2D eigenvalue weighted by Crippen LogP contribution is -2.47. The fourth-order valence-corrected chi connectivity index (χ4v) is 10.5. The topological polar surface area (TPSA) is 151 Å². The van der Waals surface area contributed by atoms with Crippen molar-refractivity contribution in [2.75, 3.05) is 36.9 Å². The van der Waals surface area contributed by atoms with Crippen molar-refractivity contribution in [1.29, 1.82) is 0 Å². The normalized spacial score (nSPS) is 20.2. The van der Waals surface area contributed by atoms with E-state index in [0.29, 0.717) is 55.4 Å². The maximum Gasteiger partial charge on any atom is 0.408 e. The zero-order valence-electron chi connectivity index (χ0n) is 33.8. The van der Waals surface area contributed by atoms with Crippen LogP contribution in [-0.2, 0) is 22.4 Å². The number of carbonyl (C=O) groups excluding carboxylic acids is 3. The molecule has 0 radical (unpaired) electrons. The lowest BCUT2D eigenvalue weighted by atomic mass is 9.64. The Kier molecular flexibility index (Phi) is 10.8. The summed E-state index contributed by atoms with van der Waals surface area (Å²) in [6.45, 7) is 1.37. The van der Waals surface area contributed by atoms with Crippen LogP contribution in [0.5, 0.6) is 0 Å². The number of alkyl halides is 3. The molecule has 4 aliphatic rings. The molecule has 9 rings (SSSR count). The fraction of sp³-hybridized carbons (Fsp3) is 0.422. The Morgan fingerprint density at radius 2 is 1.77 bits per heavy atom. The van der Waals surface area contributed by atoms with E-state index in [0.717, 1.165) is 61.2 Å². The molecule has 1 saturated carbocycles. The Morgan fingerprint density at radius 1 is 0.984 bits per heavy atom. The summed E-state index contributed by atoms with van der Waals surface area (Å²) in [7, 11) is 1.80. The molecular formula is C45H47ClF3N9O3. The third kappa shape index (κ3) is 7.82. The third-order valence-corrected chi connectivity index (χ3v) is 13.9. The number of carbonyl (C=O) groups is 3. The van der Waals surface area contributed by atoms with Crippen LogP contribution in [-0.4, -0.2) is 75.1 Å². The van der Waals surface area contributed by atoms with Crippen LogP contribution in [0.3, 0.4) is 0 Å². The molecular weight excluding hydrogens is 807 g/mol. The molecule has 3 fully saturated rings. The number of anilines is 3. The minimum Gasteiger partial charge on any atom is -0.385 e. The number of hydrogen-bond acceptors (Lipinski definition) is 9. The highest BCUT2D eigenvalue weighted by Crippen LogP contribution is 2.50. The highest BCUT2D eigenvalue weighted by molar-refractivity contribution is 6.31. The summed E-state index contributed by atoms with van der Waals surface area (Å²) in [5.74, 6) is -1.15. The maximum absolute atomic E-state index is 14.8. The van der Waals surface area contributed by atoms with Crippen molar-refractivity contribution < 1.29 is 27.6 Å². The molecule has 0 bridgehead atoms. The number of imide groups is 1. The number of primary amides is 1. The first-order chi connectivity index (χ1) is 29.3.